The van der Waals surface area contributed by atoms with E-state index in [4.69, 9.17) is 23.2 Å². The molecule has 0 saturated heterocycles. The van der Waals surface area contributed by atoms with E-state index in [1.54, 1.807) is 18.2 Å². The third kappa shape index (κ3) is 3.95. The van der Waals surface area contributed by atoms with Crippen LogP contribution in [0.4, 0.5) is 5.69 Å². The van der Waals surface area contributed by atoms with Crippen molar-refractivity contribution in [2.75, 3.05) is 5.32 Å². The van der Waals surface area contributed by atoms with Gasteiger partial charge in [0.05, 0.1) is 10.7 Å². The first-order valence-corrected chi connectivity index (χ1v) is 7.07. The summed E-state index contributed by atoms with van der Waals surface area (Å²) in [6.45, 7) is 2.32. The predicted molar refractivity (Wildman–Crippen MR) is 81.1 cm³/mol. The molecule has 0 aliphatic heterocycles. The largest absolute Gasteiger partial charge is 0.319 e. The molecule has 0 bridgehead atoms. The number of hydrogen-bond acceptors (Lipinski definition) is 1. The fourth-order valence-electron chi connectivity index (χ4n) is 1.78. The molecule has 0 aliphatic carbocycles. The maximum atomic E-state index is 12.0. The zero-order valence-corrected chi connectivity index (χ0v) is 12.6. The first-order valence-electron chi connectivity index (χ1n) is 6.31. The maximum absolute atomic E-state index is 12.0. The molecule has 0 unspecified atom stereocenters. The number of anilines is 1. The normalized spacial score (nSPS) is 10.3. The van der Waals surface area contributed by atoms with Gasteiger partial charge in [0.15, 0.2) is 12.4 Å². The van der Waals surface area contributed by atoms with Gasteiger partial charge in [-0.3, -0.25) is 4.79 Å². The van der Waals surface area contributed by atoms with Gasteiger partial charge in [0, 0.05) is 17.2 Å². The molecule has 0 spiro atoms. The van der Waals surface area contributed by atoms with Crippen LogP contribution >= 0.6 is 23.2 Å². The van der Waals surface area contributed by atoms with Crippen LogP contribution in [0.2, 0.25) is 10.0 Å². The van der Waals surface area contributed by atoms with Crippen molar-refractivity contribution in [3.8, 4) is 0 Å². The lowest BCUT2D eigenvalue weighted by Gasteiger charge is -2.06. The van der Waals surface area contributed by atoms with Crippen LogP contribution in [0.25, 0.3) is 0 Å². The Hall–Kier alpha value is -1.58. The summed E-state index contributed by atoms with van der Waals surface area (Å²) < 4.78 is 1.81. The van der Waals surface area contributed by atoms with Crippen LogP contribution in [0.5, 0.6) is 0 Å². The van der Waals surface area contributed by atoms with Crippen molar-refractivity contribution >= 4 is 34.8 Å². The summed E-state index contributed by atoms with van der Waals surface area (Å²) in [5.41, 5.74) is 1.76. The molecule has 1 aromatic carbocycles. The van der Waals surface area contributed by atoms with Crippen molar-refractivity contribution in [2.45, 2.75) is 19.9 Å². The molecule has 5 heteroatoms. The van der Waals surface area contributed by atoms with Crippen LogP contribution < -0.4 is 9.88 Å². The molecule has 0 atom stereocenters. The first-order chi connectivity index (χ1) is 9.58. The number of nitrogens with one attached hydrogen (secondary N) is 1. The Morgan fingerprint density at radius 3 is 2.55 bits per heavy atom. The molecule has 1 N–H and O–H groups in total. The second kappa shape index (κ2) is 6.73. The summed E-state index contributed by atoms with van der Waals surface area (Å²) in [5, 5.41) is 3.75. The molecule has 1 aromatic heterocycles. The molecule has 104 valence electrons. The number of hydrogen-bond donors (Lipinski definition) is 1. The summed E-state index contributed by atoms with van der Waals surface area (Å²) in [7, 11) is 0. The van der Waals surface area contributed by atoms with Gasteiger partial charge in [0.2, 0.25) is 6.54 Å². The molecule has 2 rings (SSSR count). The average Bonchev–Trinajstić information content (AvgIpc) is 2.43. The number of amides is 1. The predicted octanol–water partition coefficient (Wildman–Crippen LogP) is 3.48. The summed E-state index contributed by atoms with van der Waals surface area (Å²) in [6, 6.07) is 8.96. The fourth-order valence-corrected chi connectivity index (χ4v) is 2.12. The second-order valence-electron chi connectivity index (χ2n) is 4.40. The Bertz CT molecular complexity index is 612. The monoisotopic (exact) mass is 309 g/mol. The van der Waals surface area contributed by atoms with E-state index in [9.17, 15) is 4.79 Å². The van der Waals surface area contributed by atoms with Crippen LogP contribution in [-0.4, -0.2) is 5.91 Å². The van der Waals surface area contributed by atoms with Crippen molar-refractivity contribution in [3.05, 3.63) is 58.3 Å². The number of halogens is 2. The maximum Gasteiger partial charge on any atom is 0.290 e. The van der Waals surface area contributed by atoms with E-state index < -0.39 is 0 Å². The highest BCUT2D eigenvalue weighted by atomic mass is 35.5. The minimum absolute atomic E-state index is 0.150. The summed E-state index contributed by atoms with van der Waals surface area (Å²) in [4.78, 5) is 12.0. The van der Waals surface area contributed by atoms with Gasteiger partial charge in [-0.25, -0.2) is 0 Å². The first kappa shape index (κ1) is 14.8. The smallest absolute Gasteiger partial charge is 0.290 e. The highest BCUT2D eigenvalue weighted by Crippen LogP contribution is 2.25. The van der Waals surface area contributed by atoms with Crippen LogP contribution in [0.15, 0.2) is 42.7 Å². The Labute approximate surface area is 128 Å². The Balaban J connectivity index is 2.03. The Morgan fingerprint density at radius 2 is 1.90 bits per heavy atom. The second-order valence-corrected chi connectivity index (χ2v) is 5.25. The summed E-state index contributed by atoms with van der Waals surface area (Å²) in [6.07, 6.45) is 4.75. The number of aryl methyl sites for hydroxylation is 1. The van der Waals surface area contributed by atoms with Gasteiger partial charge in [0.1, 0.15) is 0 Å². The lowest BCUT2D eigenvalue weighted by Crippen LogP contribution is -2.39. The van der Waals surface area contributed by atoms with Gasteiger partial charge < -0.3 is 5.32 Å². The van der Waals surface area contributed by atoms with E-state index in [0.717, 1.165) is 6.42 Å². The minimum Gasteiger partial charge on any atom is -0.319 e. The summed E-state index contributed by atoms with van der Waals surface area (Å²) >= 11 is 11.9. The zero-order chi connectivity index (χ0) is 14.5. The topological polar surface area (TPSA) is 33.0 Å². The zero-order valence-electron chi connectivity index (χ0n) is 11.1. The van der Waals surface area contributed by atoms with E-state index in [1.165, 1.54) is 5.56 Å². The molecule has 2 aromatic rings. The highest BCUT2D eigenvalue weighted by Gasteiger charge is 2.11. The molecule has 1 amide bonds. The molecule has 0 aliphatic rings. The molecule has 0 radical (unpaired) electrons. The van der Waals surface area contributed by atoms with E-state index in [-0.39, 0.29) is 12.5 Å². The fraction of sp³-hybridized carbons (Fsp3) is 0.200. The van der Waals surface area contributed by atoms with Crippen molar-refractivity contribution in [1.29, 1.82) is 0 Å². The number of rotatable bonds is 4. The van der Waals surface area contributed by atoms with E-state index in [1.807, 2.05) is 29.1 Å². The van der Waals surface area contributed by atoms with Gasteiger partial charge in [-0.05, 0) is 30.2 Å². The highest BCUT2D eigenvalue weighted by molar-refractivity contribution is 6.35. The van der Waals surface area contributed by atoms with Crippen molar-refractivity contribution in [1.82, 2.24) is 0 Å². The van der Waals surface area contributed by atoms with Crippen LogP contribution in [0, 0.1) is 0 Å². The Kier molecular flexibility index (Phi) is 4.99. The SMILES string of the molecule is CCc1cc[n+](CC(=O)Nc2cc(Cl)ccc2Cl)cc1. The lowest BCUT2D eigenvalue weighted by molar-refractivity contribution is -0.684. The van der Waals surface area contributed by atoms with E-state index in [2.05, 4.69) is 12.2 Å². The van der Waals surface area contributed by atoms with Crippen molar-refractivity contribution < 1.29 is 9.36 Å². The van der Waals surface area contributed by atoms with Crippen LogP contribution in [0.3, 0.4) is 0 Å². The number of nitrogens with zero attached hydrogens (tertiary/aromatic N) is 1. The van der Waals surface area contributed by atoms with E-state index in [0.29, 0.717) is 15.7 Å². The third-order valence-corrected chi connectivity index (χ3v) is 3.46. The van der Waals surface area contributed by atoms with Crippen LogP contribution in [-0.2, 0) is 17.8 Å². The molecular formula is C15H15Cl2N2O+. The van der Waals surface area contributed by atoms with E-state index >= 15 is 0 Å². The summed E-state index contributed by atoms with van der Waals surface area (Å²) in [5.74, 6) is -0.150. The number of carbonyl (C=O) groups excluding carboxylic acids is 1. The van der Waals surface area contributed by atoms with Gasteiger partial charge in [-0.1, -0.05) is 30.1 Å². The van der Waals surface area contributed by atoms with Crippen molar-refractivity contribution in [2.24, 2.45) is 0 Å². The molecule has 20 heavy (non-hydrogen) atoms. The number of benzene rings is 1. The van der Waals surface area contributed by atoms with Gasteiger partial charge in [0.25, 0.3) is 5.91 Å². The Morgan fingerprint density at radius 1 is 1.20 bits per heavy atom. The molecule has 1 heterocycles. The van der Waals surface area contributed by atoms with Gasteiger partial charge in [-0.15, -0.1) is 0 Å². The average molecular weight is 310 g/mol. The molecule has 3 nitrogen and oxygen atoms in total. The lowest BCUT2D eigenvalue weighted by atomic mass is 10.2. The quantitative estimate of drug-likeness (QED) is 0.862. The number of carbonyl (C=O) groups is 1. The van der Waals surface area contributed by atoms with Crippen molar-refractivity contribution in [3.63, 3.8) is 0 Å². The molecular weight excluding hydrogens is 295 g/mol. The minimum atomic E-state index is -0.150. The number of aromatic nitrogens is 1. The van der Waals surface area contributed by atoms with Crippen LogP contribution in [0.1, 0.15) is 12.5 Å². The van der Waals surface area contributed by atoms with Gasteiger partial charge in [-0.2, -0.15) is 4.57 Å². The third-order valence-electron chi connectivity index (χ3n) is 2.90. The van der Waals surface area contributed by atoms with Gasteiger partial charge >= 0.3 is 0 Å². The molecule has 0 saturated carbocycles. The standard InChI is InChI=1S/C15H14Cl2N2O/c1-2-11-5-7-19(8-6-11)10-15(20)18-14-9-12(16)3-4-13(14)17/h3-9H,2,10H2,1H3/p+1. The number of pyridine rings is 1. The molecule has 0 fully saturated rings.